The van der Waals surface area contributed by atoms with Crippen LogP contribution >= 0.6 is 0 Å². The smallest absolute Gasteiger partial charge is 0.409 e. The fraction of sp³-hybridized carbons (Fsp3) is 0.161. The molecule has 3 unspecified atom stereocenters. The summed E-state index contributed by atoms with van der Waals surface area (Å²) in [6.45, 7) is 0. The van der Waals surface area contributed by atoms with Crippen LogP contribution in [0.15, 0.2) is 78.9 Å². The monoisotopic (exact) mass is 520 g/mol. The van der Waals surface area contributed by atoms with E-state index in [1.165, 1.54) is 18.2 Å². The van der Waals surface area contributed by atoms with Crippen molar-refractivity contribution in [2.24, 2.45) is 11.7 Å². The van der Waals surface area contributed by atoms with Crippen molar-refractivity contribution >= 4 is 23.3 Å². The summed E-state index contributed by atoms with van der Waals surface area (Å²) < 4.78 is 5.52. The van der Waals surface area contributed by atoms with E-state index in [-0.39, 0.29) is 29.5 Å². The fourth-order valence-corrected chi connectivity index (χ4v) is 6.15. The van der Waals surface area contributed by atoms with Gasteiger partial charge < -0.3 is 26.0 Å². The Morgan fingerprint density at radius 3 is 2.51 bits per heavy atom. The molecule has 6 rings (SSSR count). The van der Waals surface area contributed by atoms with E-state index < -0.39 is 6.09 Å². The van der Waals surface area contributed by atoms with E-state index in [0.29, 0.717) is 17.0 Å². The molecule has 1 amide bonds. The van der Waals surface area contributed by atoms with Crippen LogP contribution in [0.2, 0.25) is 0 Å². The molecule has 1 aliphatic carbocycles. The van der Waals surface area contributed by atoms with E-state index in [9.17, 15) is 9.90 Å². The van der Waals surface area contributed by atoms with Crippen molar-refractivity contribution in [2.45, 2.75) is 18.4 Å². The quantitative estimate of drug-likeness (QED) is 0.143. The van der Waals surface area contributed by atoms with Crippen LogP contribution in [0, 0.1) is 11.3 Å². The van der Waals surface area contributed by atoms with Crippen molar-refractivity contribution in [2.75, 3.05) is 17.7 Å². The van der Waals surface area contributed by atoms with Crippen molar-refractivity contribution in [3.8, 4) is 22.6 Å². The van der Waals surface area contributed by atoms with Crippen LogP contribution in [0.4, 0.5) is 16.2 Å². The van der Waals surface area contributed by atoms with Gasteiger partial charge in [0.05, 0.1) is 13.2 Å². The average Bonchev–Trinajstić information content (AvgIpc) is 3.32. The van der Waals surface area contributed by atoms with Crippen LogP contribution in [0.3, 0.4) is 0 Å². The zero-order chi connectivity index (χ0) is 27.3. The first-order valence-corrected chi connectivity index (χ1v) is 12.7. The number of nitrogens with one attached hydrogen (secondary N) is 3. The summed E-state index contributed by atoms with van der Waals surface area (Å²) in [6, 6.07) is 24.9. The number of benzene rings is 4. The van der Waals surface area contributed by atoms with Crippen molar-refractivity contribution in [3.05, 3.63) is 107 Å². The zero-order valence-corrected chi connectivity index (χ0v) is 21.2. The molecule has 7 N–H and O–H groups in total. The lowest BCUT2D eigenvalue weighted by molar-refractivity contribution is 0.209. The van der Waals surface area contributed by atoms with Gasteiger partial charge in [0, 0.05) is 22.9 Å². The summed E-state index contributed by atoms with van der Waals surface area (Å²) in [5.41, 5.74) is 14.3. The highest BCUT2D eigenvalue weighted by molar-refractivity contribution is 5.96. The first kappa shape index (κ1) is 24.4. The Morgan fingerprint density at radius 1 is 1.03 bits per heavy atom. The van der Waals surface area contributed by atoms with Crippen molar-refractivity contribution in [3.63, 3.8) is 0 Å². The summed E-state index contributed by atoms with van der Waals surface area (Å²) >= 11 is 0. The van der Waals surface area contributed by atoms with Gasteiger partial charge in [-0.3, -0.25) is 10.7 Å². The van der Waals surface area contributed by atoms with Gasteiger partial charge in [-0.2, -0.15) is 0 Å². The standard InChI is InChI=1S/C31H28N4O4/c1-39-27-15-22(21(14-26(27)36)16-6-9-19(10-7-16)34-31(37)38)29-24-12-17-4-2-3-5-20(17)28(24)23-13-18(30(32)33)8-11-25(23)35-29/h2-11,13-15,24,28-29,34-36H,12H2,1H3,(H3,32,33)(H,37,38). The molecule has 0 spiro atoms. The number of anilines is 2. The Balaban J connectivity index is 1.52. The summed E-state index contributed by atoms with van der Waals surface area (Å²) in [5, 5.41) is 33.9. The van der Waals surface area contributed by atoms with Crippen LogP contribution in [0.1, 0.15) is 39.8 Å². The number of nitrogens with two attached hydrogens (primary N) is 1. The first-order chi connectivity index (χ1) is 18.8. The number of phenols is 1. The summed E-state index contributed by atoms with van der Waals surface area (Å²) in [4.78, 5) is 11.1. The zero-order valence-electron chi connectivity index (χ0n) is 21.2. The minimum Gasteiger partial charge on any atom is -0.504 e. The number of hydrogen-bond donors (Lipinski definition) is 6. The van der Waals surface area contributed by atoms with Crippen LogP contribution in [0.5, 0.6) is 11.5 Å². The molecule has 0 radical (unpaired) electrons. The SMILES string of the molecule is COc1cc(C2Nc3ccc(C(=N)N)cc3C3c4ccccc4CC23)c(-c2ccc(NC(=O)O)cc2)cc1O. The predicted octanol–water partition coefficient (Wildman–Crippen LogP) is 5.91. The highest BCUT2D eigenvalue weighted by Crippen LogP contribution is 2.55. The van der Waals surface area contributed by atoms with Gasteiger partial charge in [0.2, 0.25) is 0 Å². The maximum atomic E-state index is 11.1. The fourth-order valence-electron chi connectivity index (χ4n) is 6.15. The topological polar surface area (TPSA) is 141 Å². The number of fused-ring (bicyclic) bond motifs is 5. The van der Waals surface area contributed by atoms with E-state index in [1.807, 2.05) is 36.4 Å². The molecule has 0 aromatic heterocycles. The predicted molar refractivity (Wildman–Crippen MR) is 151 cm³/mol. The number of carbonyl (C=O) groups is 1. The van der Waals surface area contributed by atoms with Gasteiger partial charge in [0.15, 0.2) is 11.5 Å². The van der Waals surface area contributed by atoms with Crippen LogP contribution in [-0.4, -0.2) is 29.3 Å². The lowest BCUT2D eigenvalue weighted by Crippen LogP contribution is -2.31. The van der Waals surface area contributed by atoms with Crippen molar-refractivity contribution in [1.82, 2.24) is 0 Å². The van der Waals surface area contributed by atoms with Crippen LogP contribution < -0.4 is 21.1 Å². The molecule has 4 aromatic carbocycles. The van der Waals surface area contributed by atoms with Gasteiger partial charge >= 0.3 is 6.09 Å². The van der Waals surface area contributed by atoms with Gasteiger partial charge in [-0.25, -0.2) is 4.79 Å². The molecular formula is C31H28N4O4. The molecule has 1 aliphatic heterocycles. The normalized spacial score (nSPS) is 18.7. The van der Waals surface area contributed by atoms with Gasteiger partial charge in [-0.1, -0.05) is 36.4 Å². The number of aromatic hydroxyl groups is 1. The molecule has 8 nitrogen and oxygen atoms in total. The molecule has 1 heterocycles. The van der Waals surface area contributed by atoms with Gasteiger partial charge in [0.1, 0.15) is 5.84 Å². The Kier molecular flexibility index (Phi) is 5.87. The van der Waals surface area contributed by atoms with Gasteiger partial charge in [-0.15, -0.1) is 0 Å². The second-order valence-electron chi connectivity index (χ2n) is 10.0. The van der Waals surface area contributed by atoms with E-state index >= 15 is 0 Å². The second kappa shape index (κ2) is 9.40. The molecule has 0 bridgehead atoms. The number of rotatable bonds is 5. The number of methoxy groups -OCH3 is 1. The average molecular weight is 521 g/mol. The molecule has 0 saturated heterocycles. The van der Waals surface area contributed by atoms with Crippen molar-refractivity contribution in [1.29, 1.82) is 5.41 Å². The summed E-state index contributed by atoms with van der Waals surface area (Å²) in [5.74, 6) is 0.686. The molecule has 39 heavy (non-hydrogen) atoms. The minimum atomic E-state index is -1.13. The Labute approximate surface area is 225 Å². The summed E-state index contributed by atoms with van der Waals surface area (Å²) in [6.07, 6.45) is -0.276. The highest BCUT2D eigenvalue weighted by atomic mass is 16.5. The van der Waals surface area contributed by atoms with Crippen LogP contribution in [-0.2, 0) is 6.42 Å². The maximum Gasteiger partial charge on any atom is 0.409 e. The van der Waals surface area contributed by atoms with Crippen LogP contribution in [0.25, 0.3) is 11.1 Å². The van der Waals surface area contributed by atoms with E-state index in [2.05, 4.69) is 34.9 Å². The molecule has 3 atom stereocenters. The second-order valence-corrected chi connectivity index (χ2v) is 10.0. The van der Waals surface area contributed by atoms with E-state index in [0.717, 1.165) is 34.4 Å². The summed E-state index contributed by atoms with van der Waals surface area (Å²) in [7, 11) is 1.53. The number of nitrogen functional groups attached to an aromatic ring is 1. The molecule has 8 heteroatoms. The molecule has 196 valence electrons. The number of phenolic OH excluding ortho intramolecular Hbond substituents is 1. The van der Waals surface area contributed by atoms with Crippen molar-refractivity contribution < 1.29 is 19.7 Å². The van der Waals surface area contributed by atoms with Gasteiger partial charge in [0.25, 0.3) is 0 Å². The largest absolute Gasteiger partial charge is 0.504 e. The maximum absolute atomic E-state index is 11.1. The lowest BCUT2D eigenvalue weighted by Gasteiger charge is -2.39. The Morgan fingerprint density at radius 2 is 1.79 bits per heavy atom. The number of amidine groups is 1. The number of amides is 1. The third-order valence-electron chi connectivity index (χ3n) is 7.84. The third-order valence-corrected chi connectivity index (χ3v) is 7.84. The Bertz CT molecular complexity index is 1620. The molecule has 4 aromatic rings. The van der Waals surface area contributed by atoms with E-state index in [1.54, 1.807) is 18.2 Å². The third kappa shape index (κ3) is 4.20. The molecule has 0 fully saturated rings. The number of ether oxygens (including phenoxy) is 1. The molecule has 0 saturated carbocycles. The number of carboxylic acid groups (broad SMARTS) is 1. The van der Waals surface area contributed by atoms with Gasteiger partial charge in [-0.05, 0) is 88.2 Å². The molecule has 2 aliphatic rings. The first-order valence-electron chi connectivity index (χ1n) is 12.7. The number of hydrogen-bond acceptors (Lipinski definition) is 5. The minimum absolute atomic E-state index is 0.0255. The lowest BCUT2D eigenvalue weighted by atomic mass is 9.74. The van der Waals surface area contributed by atoms with E-state index in [4.69, 9.17) is 21.0 Å². The highest BCUT2D eigenvalue weighted by Gasteiger charge is 2.44. The Hall–Kier alpha value is -4.98. The molecular weight excluding hydrogens is 492 g/mol.